The summed E-state index contributed by atoms with van der Waals surface area (Å²) < 4.78 is 0. The van der Waals surface area contributed by atoms with Crippen LogP contribution < -0.4 is 10.5 Å². The zero-order valence-corrected chi connectivity index (χ0v) is 24.2. The standard InChI is InChI=1S/C34H41NSi/c1-33(2,3)28-18-23-32(31(24-28)25-12-10-9-11-13-25)35-29-19-14-26(15-20-29)34(4,5)27-16-21-30(22-17-27)36(6,7)8/h9-24,35H,1-8H3. The lowest BCUT2D eigenvalue weighted by molar-refractivity contribution is 0.590. The van der Waals surface area contributed by atoms with Crippen molar-refractivity contribution in [2.45, 2.75) is 65.1 Å². The van der Waals surface area contributed by atoms with Gasteiger partial charge in [0.2, 0.25) is 0 Å². The van der Waals surface area contributed by atoms with Gasteiger partial charge in [-0.2, -0.15) is 0 Å². The number of hydrogen-bond donors (Lipinski definition) is 1. The summed E-state index contributed by atoms with van der Waals surface area (Å²) in [5, 5.41) is 5.20. The summed E-state index contributed by atoms with van der Waals surface area (Å²) in [6.45, 7) is 18.6. The number of nitrogens with one attached hydrogen (secondary N) is 1. The fourth-order valence-electron chi connectivity index (χ4n) is 4.66. The molecule has 0 aliphatic rings. The van der Waals surface area contributed by atoms with Crippen molar-refractivity contribution in [2.75, 3.05) is 5.32 Å². The predicted molar refractivity (Wildman–Crippen MR) is 162 cm³/mol. The third-order valence-corrected chi connectivity index (χ3v) is 9.39. The fourth-order valence-corrected chi connectivity index (χ4v) is 5.82. The number of benzene rings is 4. The Morgan fingerprint density at radius 3 is 1.64 bits per heavy atom. The van der Waals surface area contributed by atoms with Crippen LogP contribution in [0.15, 0.2) is 97.1 Å². The van der Waals surface area contributed by atoms with E-state index in [0.29, 0.717) is 0 Å². The molecule has 4 aromatic carbocycles. The average molecular weight is 492 g/mol. The topological polar surface area (TPSA) is 12.0 Å². The highest BCUT2D eigenvalue weighted by atomic mass is 28.3. The monoisotopic (exact) mass is 491 g/mol. The van der Waals surface area contributed by atoms with Gasteiger partial charge in [-0.05, 0) is 51.9 Å². The third kappa shape index (κ3) is 5.65. The van der Waals surface area contributed by atoms with Crippen LogP contribution in [0.5, 0.6) is 0 Å². The molecule has 2 heteroatoms. The van der Waals surface area contributed by atoms with Crippen molar-refractivity contribution in [1.29, 1.82) is 0 Å². The molecule has 0 aromatic heterocycles. The zero-order valence-electron chi connectivity index (χ0n) is 23.2. The molecule has 0 fully saturated rings. The molecule has 0 saturated carbocycles. The van der Waals surface area contributed by atoms with Crippen LogP contribution in [0, 0.1) is 0 Å². The van der Waals surface area contributed by atoms with Crippen LogP contribution in [0.2, 0.25) is 19.6 Å². The van der Waals surface area contributed by atoms with Gasteiger partial charge in [-0.25, -0.2) is 0 Å². The maximum Gasteiger partial charge on any atom is 0.0775 e. The molecule has 4 rings (SSSR count). The highest BCUT2D eigenvalue weighted by molar-refractivity contribution is 6.88. The quantitative estimate of drug-likeness (QED) is 0.265. The Morgan fingerprint density at radius 1 is 0.583 bits per heavy atom. The molecule has 186 valence electrons. The van der Waals surface area contributed by atoms with Crippen LogP contribution in [0.3, 0.4) is 0 Å². The van der Waals surface area contributed by atoms with Crippen LogP contribution in [0.4, 0.5) is 11.4 Å². The lowest BCUT2D eigenvalue weighted by Gasteiger charge is -2.28. The molecule has 0 bridgehead atoms. The average Bonchev–Trinajstić information content (AvgIpc) is 2.84. The van der Waals surface area contributed by atoms with Crippen molar-refractivity contribution in [3.63, 3.8) is 0 Å². The molecular formula is C34H41NSi. The number of rotatable bonds is 6. The third-order valence-electron chi connectivity index (χ3n) is 7.33. The molecule has 0 atom stereocenters. The smallest absolute Gasteiger partial charge is 0.0775 e. The van der Waals surface area contributed by atoms with Crippen molar-refractivity contribution in [1.82, 2.24) is 0 Å². The summed E-state index contributed by atoms with van der Waals surface area (Å²) in [7, 11) is -1.29. The van der Waals surface area contributed by atoms with Crippen LogP contribution in [-0.4, -0.2) is 8.07 Å². The Labute approximate surface area is 219 Å². The van der Waals surface area contributed by atoms with E-state index < -0.39 is 8.07 Å². The Kier molecular flexibility index (Phi) is 7.03. The summed E-state index contributed by atoms with van der Waals surface area (Å²) in [4.78, 5) is 0. The highest BCUT2D eigenvalue weighted by Gasteiger charge is 2.24. The molecule has 0 amide bonds. The maximum atomic E-state index is 3.70. The van der Waals surface area contributed by atoms with Crippen molar-refractivity contribution < 1.29 is 0 Å². The van der Waals surface area contributed by atoms with Gasteiger partial charge in [0.15, 0.2) is 0 Å². The zero-order chi connectivity index (χ0) is 26.1. The van der Waals surface area contributed by atoms with Gasteiger partial charge in [-0.3, -0.25) is 0 Å². The molecule has 0 radical (unpaired) electrons. The lowest BCUT2D eigenvalue weighted by atomic mass is 9.78. The first kappa shape index (κ1) is 26.0. The largest absolute Gasteiger partial charge is 0.355 e. The molecule has 0 saturated heterocycles. The van der Waals surface area contributed by atoms with Gasteiger partial charge in [0.05, 0.1) is 8.07 Å². The van der Waals surface area contributed by atoms with E-state index in [1.165, 1.54) is 33.0 Å². The second-order valence-corrected chi connectivity index (χ2v) is 17.6. The number of hydrogen-bond acceptors (Lipinski definition) is 1. The van der Waals surface area contributed by atoms with Crippen molar-refractivity contribution in [3.8, 4) is 11.1 Å². The van der Waals surface area contributed by atoms with E-state index in [9.17, 15) is 0 Å². The van der Waals surface area contributed by atoms with Crippen LogP contribution in [0.25, 0.3) is 11.1 Å². The van der Waals surface area contributed by atoms with Gasteiger partial charge in [0, 0.05) is 22.4 Å². The molecule has 0 heterocycles. The van der Waals surface area contributed by atoms with E-state index in [1.54, 1.807) is 0 Å². The normalized spacial score (nSPS) is 12.4. The first-order valence-electron chi connectivity index (χ1n) is 13.0. The summed E-state index contributed by atoms with van der Waals surface area (Å²) >= 11 is 0. The van der Waals surface area contributed by atoms with Crippen molar-refractivity contribution in [3.05, 3.63) is 114 Å². The van der Waals surface area contributed by atoms with E-state index in [-0.39, 0.29) is 10.8 Å². The van der Waals surface area contributed by atoms with Gasteiger partial charge in [-0.1, -0.05) is 132 Å². The Balaban J connectivity index is 1.62. The fraction of sp³-hybridized carbons (Fsp3) is 0.294. The SMILES string of the molecule is CC(C)(C)c1ccc(Nc2ccc(C(C)(C)c3ccc([Si](C)(C)C)cc3)cc2)c(-c2ccccc2)c1. The highest BCUT2D eigenvalue weighted by Crippen LogP contribution is 2.36. The molecule has 4 aromatic rings. The van der Waals surface area contributed by atoms with Crippen LogP contribution in [0.1, 0.15) is 51.3 Å². The van der Waals surface area contributed by atoms with E-state index in [0.717, 1.165) is 11.4 Å². The van der Waals surface area contributed by atoms with Gasteiger partial charge < -0.3 is 5.32 Å². The second kappa shape index (κ2) is 9.75. The second-order valence-electron chi connectivity index (χ2n) is 12.5. The Morgan fingerprint density at radius 2 is 1.11 bits per heavy atom. The van der Waals surface area contributed by atoms with E-state index >= 15 is 0 Å². The van der Waals surface area contributed by atoms with E-state index in [2.05, 4.69) is 157 Å². The maximum absolute atomic E-state index is 3.70. The molecule has 1 nitrogen and oxygen atoms in total. The van der Waals surface area contributed by atoms with Gasteiger partial charge in [0.25, 0.3) is 0 Å². The molecule has 36 heavy (non-hydrogen) atoms. The molecule has 0 spiro atoms. The van der Waals surface area contributed by atoms with Crippen molar-refractivity contribution in [2.24, 2.45) is 0 Å². The van der Waals surface area contributed by atoms with Crippen LogP contribution >= 0.6 is 0 Å². The Bertz CT molecular complexity index is 1300. The summed E-state index contributed by atoms with van der Waals surface area (Å²) in [5.41, 5.74) is 8.74. The summed E-state index contributed by atoms with van der Waals surface area (Å²) in [5.74, 6) is 0. The van der Waals surface area contributed by atoms with Crippen LogP contribution in [-0.2, 0) is 10.8 Å². The molecule has 0 aliphatic heterocycles. The first-order chi connectivity index (χ1) is 16.9. The molecule has 1 N–H and O–H groups in total. The molecule has 0 aliphatic carbocycles. The minimum atomic E-state index is -1.29. The lowest BCUT2D eigenvalue weighted by Crippen LogP contribution is -2.37. The summed E-state index contributed by atoms with van der Waals surface area (Å²) in [6.07, 6.45) is 0. The number of anilines is 2. The minimum absolute atomic E-state index is 0.0555. The van der Waals surface area contributed by atoms with E-state index in [1.807, 2.05) is 0 Å². The van der Waals surface area contributed by atoms with Gasteiger partial charge in [0.1, 0.15) is 0 Å². The van der Waals surface area contributed by atoms with E-state index in [4.69, 9.17) is 0 Å². The summed E-state index contributed by atoms with van der Waals surface area (Å²) in [6, 6.07) is 35.7. The van der Waals surface area contributed by atoms with Gasteiger partial charge in [-0.15, -0.1) is 0 Å². The predicted octanol–water partition coefficient (Wildman–Crippen LogP) is 9.27. The van der Waals surface area contributed by atoms with Gasteiger partial charge >= 0.3 is 0 Å². The first-order valence-corrected chi connectivity index (χ1v) is 16.5. The molecule has 0 unspecified atom stereocenters. The molecular weight excluding hydrogens is 450 g/mol. The van der Waals surface area contributed by atoms with Crippen molar-refractivity contribution >= 4 is 24.6 Å². The Hall–Kier alpha value is -3.10. The minimum Gasteiger partial charge on any atom is -0.355 e.